The van der Waals surface area contributed by atoms with E-state index in [4.69, 9.17) is 15.6 Å². The van der Waals surface area contributed by atoms with Gasteiger partial charge in [-0.15, -0.1) is 0 Å². The molecule has 0 aromatic carbocycles. The van der Waals surface area contributed by atoms with Gasteiger partial charge in [0.25, 0.3) is 0 Å². The van der Waals surface area contributed by atoms with Crippen LogP contribution in [-0.4, -0.2) is 73.2 Å². The standard InChI is InChI=1S/C14H25N3O6/c1-9(18)16-11(5-6-12(15)19)14(22)23-10(7-13(20)21)8-17(2,3)4/h10-11H,5-8H2,1-4H3,(H3-,15,16,18,19,20,21)/p+1/t10?,11-/m1/s1. The number of nitrogens with zero attached hydrogens (tertiary/aromatic N) is 1. The van der Waals surface area contributed by atoms with Crippen LogP contribution in [-0.2, 0) is 23.9 Å². The third kappa shape index (κ3) is 11.1. The highest BCUT2D eigenvalue weighted by Gasteiger charge is 2.29. The van der Waals surface area contributed by atoms with E-state index < -0.39 is 35.9 Å². The minimum absolute atomic E-state index is 0.00207. The number of hydrogen-bond acceptors (Lipinski definition) is 5. The summed E-state index contributed by atoms with van der Waals surface area (Å²) in [4.78, 5) is 45.1. The second kappa shape index (κ2) is 9.09. The zero-order chi connectivity index (χ0) is 18.2. The van der Waals surface area contributed by atoms with Crippen LogP contribution >= 0.6 is 0 Å². The highest BCUT2D eigenvalue weighted by Crippen LogP contribution is 2.09. The zero-order valence-electron chi connectivity index (χ0n) is 14.0. The van der Waals surface area contributed by atoms with Crippen LogP contribution in [0.5, 0.6) is 0 Å². The van der Waals surface area contributed by atoms with E-state index in [0.717, 1.165) is 0 Å². The van der Waals surface area contributed by atoms with E-state index in [2.05, 4.69) is 5.32 Å². The number of carbonyl (C=O) groups is 4. The van der Waals surface area contributed by atoms with Gasteiger partial charge in [0.2, 0.25) is 11.8 Å². The van der Waals surface area contributed by atoms with E-state index in [-0.39, 0.29) is 19.3 Å². The molecule has 0 aliphatic rings. The summed E-state index contributed by atoms with van der Waals surface area (Å²) in [6.45, 7) is 1.52. The van der Waals surface area contributed by atoms with E-state index in [0.29, 0.717) is 11.0 Å². The van der Waals surface area contributed by atoms with E-state index in [1.54, 1.807) is 0 Å². The smallest absolute Gasteiger partial charge is 0.329 e. The van der Waals surface area contributed by atoms with Crippen molar-refractivity contribution in [3.63, 3.8) is 0 Å². The lowest BCUT2D eigenvalue weighted by Gasteiger charge is -2.29. The van der Waals surface area contributed by atoms with Crippen LogP contribution in [0.2, 0.25) is 0 Å². The molecule has 0 saturated carbocycles. The lowest BCUT2D eigenvalue weighted by molar-refractivity contribution is -0.873. The Hall–Kier alpha value is -2.16. The summed E-state index contributed by atoms with van der Waals surface area (Å²) >= 11 is 0. The quantitative estimate of drug-likeness (QED) is 0.341. The Bertz CT molecular complexity index is 458. The Kier molecular flexibility index (Phi) is 8.23. The SMILES string of the molecule is CC(=O)N[C@H](CCC(N)=O)C(=O)OC(CC(=O)O)C[N+](C)(C)C. The number of nitrogens with two attached hydrogens (primary N) is 1. The molecule has 0 radical (unpaired) electrons. The van der Waals surface area contributed by atoms with Gasteiger partial charge in [-0.3, -0.25) is 14.4 Å². The van der Waals surface area contributed by atoms with Gasteiger partial charge in [0.05, 0.1) is 27.6 Å². The molecule has 0 aromatic rings. The van der Waals surface area contributed by atoms with E-state index in [1.807, 2.05) is 21.1 Å². The molecular weight excluding hydrogens is 306 g/mol. The summed E-state index contributed by atoms with van der Waals surface area (Å²) in [6.07, 6.45) is -1.29. The fraction of sp³-hybridized carbons (Fsp3) is 0.714. The van der Waals surface area contributed by atoms with Crippen LogP contribution in [0.4, 0.5) is 0 Å². The van der Waals surface area contributed by atoms with Crippen LogP contribution in [0.3, 0.4) is 0 Å². The van der Waals surface area contributed by atoms with Crippen LogP contribution in [0.15, 0.2) is 0 Å². The van der Waals surface area contributed by atoms with Crippen molar-refractivity contribution in [2.45, 2.75) is 38.3 Å². The summed E-state index contributed by atoms with van der Waals surface area (Å²) in [6, 6.07) is -1.04. The number of rotatable bonds is 10. The predicted octanol–water partition coefficient (Wildman–Crippen LogP) is -1.15. The maximum absolute atomic E-state index is 12.2. The van der Waals surface area contributed by atoms with Gasteiger partial charge < -0.3 is 25.4 Å². The fourth-order valence-electron chi connectivity index (χ4n) is 1.98. The van der Waals surface area contributed by atoms with Gasteiger partial charge in [-0.2, -0.15) is 0 Å². The highest BCUT2D eigenvalue weighted by atomic mass is 16.5. The third-order valence-corrected chi connectivity index (χ3v) is 2.78. The first-order valence-corrected chi connectivity index (χ1v) is 7.19. The first-order chi connectivity index (χ1) is 10.4. The number of carboxylic acids is 1. The average molecular weight is 332 g/mol. The van der Waals surface area contributed by atoms with E-state index in [1.165, 1.54) is 6.92 Å². The Morgan fingerprint density at radius 1 is 1.22 bits per heavy atom. The molecule has 0 saturated heterocycles. The summed E-state index contributed by atoms with van der Waals surface area (Å²) in [5.74, 6) is -2.94. The van der Waals surface area contributed by atoms with Crippen molar-refractivity contribution in [1.82, 2.24) is 5.32 Å². The second-order valence-corrected chi connectivity index (χ2v) is 6.39. The molecule has 4 N–H and O–H groups in total. The number of nitrogens with one attached hydrogen (secondary N) is 1. The molecule has 2 atom stereocenters. The molecule has 0 aliphatic heterocycles. The summed E-state index contributed by atoms with van der Waals surface area (Å²) < 4.78 is 5.63. The van der Waals surface area contributed by atoms with Crippen LogP contribution in [0.25, 0.3) is 0 Å². The number of aliphatic carboxylic acids is 1. The van der Waals surface area contributed by atoms with Crippen molar-refractivity contribution in [3.8, 4) is 0 Å². The highest BCUT2D eigenvalue weighted by molar-refractivity contribution is 5.84. The van der Waals surface area contributed by atoms with Crippen molar-refractivity contribution in [2.75, 3.05) is 27.7 Å². The largest absolute Gasteiger partial charge is 0.481 e. The number of carbonyl (C=O) groups excluding carboxylic acids is 3. The Labute approximate surface area is 135 Å². The molecule has 0 aliphatic carbocycles. The van der Waals surface area contributed by atoms with Crippen LogP contribution in [0, 0.1) is 0 Å². The maximum Gasteiger partial charge on any atom is 0.329 e. The minimum Gasteiger partial charge on any atom is -0.481 e. The van der Waals surface area contributed by atoms with Gasteiger partial charge in [-0.1, -0.05) is 0 Å². The molecular formula is C14H26N3O6+. The number of carboxylic acid groups (broad SMARTS) is 1. The number of primary amides is 1. The molecule has 9 nitrogen and oxygen atoms in total. The minimum atomic E-state index is -1.09. The molecule has 1 unspecified atom stereocenters. The lowest BCUT2D eigenvalue weighted by Crippen LogP contribution is -2.47. The monoisotopic (exact) mass is 332 g/mol. The topological polar surface area (TPSA) is 136 Å². The molecule has 23 heavy (non-hydrogen) atoms. The number of esters is 1. The number of amides is 2. The number of likely N-dealkylation sites (N-methyl/N-ethyl adjacent to an activating group) is 1. The summed E-state index contributed by atoms with van der Waals surface area (Å²) in [5, 5.41) is 11.3. The fourth-order valence-corrected chi connectivity index (χ4v) is 1.98. The molecule has 0 rings (SSSR count). The van der Waals surface area contributed by atoms with Crippen molar-refractivity contribution in [2.24, 2.45) is 5.73 Å². The van der Waals surface area contributed by atoms with Gasteiger partial charge in [-0.05, 0) is 6.42 Å². The molecule has 0 aromatic heterocycles. The molecule has 2 amide bonds. The van der Waals surface area contributed by atoms with Crippen LogP contribution in [0.1, 0.15) is 26.2 Å². The van der Waals surface area contributed by atoms with E-state index in [9.17, 15) is 19.2 Å². The molecule has 0 heterocycles. The van der Waals surface area contributed by atoms with Gasteiger partial charge in [0.15, 0.2) is 6.10 Å². The van der Waals surface area contributed by atoms with Gasteiger partial charge in [0.1, 0.15) is 12.6 Å². The van der Waals surface area contributed by atoms with Crippen LogP contribution < -0.4 is 11.1 Å². The summed E-state index contributed by atoms with van der Waals surface area (Å²) in [7, 11) is 5.50. The normalized spacial score (nSPS) is 13.7. The molecule has 0 bridgehead atoms. The Morgan fingerprint density at radius 3 is 2.17 bits per heavy atom. The predicted molar refractivity (Wildman–Crippen MR) is 81.1 cm³/mol. The van der Waals surface area contributed by atoms with Crippen molar-refractivity contribution < 1.29 is 33.5 Å². The molecule has 0 spiro atoms. The Balaban J connectivity index is 4.94. The average Bonchev–Trinajstić information content (AvgIpc) is 2.30. The lowest BCUT2D eigenvalue weighted by atomic mass is 10.1. The zero-order valence-corrected chi connectivity index (χ0v) is 14.0. The number of quaternary nitrogens is 1. The van der Waals surface area contributed by atoms with E-state index >= 15 is 0 Å². The first-order valence-electron chi connectivity index (χ1n) is 7.19. The number of hydrogen-bond donors (Lipinski definition) is 3. The molecule has 0 fully saturated rings. The first kappa shape index (κ1) is 20.8. The molecule has 132 valence electrons. The maximum atomic E-state index is 12.2. The number of ether oxygens (including phenoxy) is 1. The second-order valence-electron chi connectivity index (χ2n) is 6.39. The van der Waals surface area contributed by atoms with Gasteiger partial charge >= 0.3 is 11.9 Å². The third-order valence-electron chi connectivity index (χ3n) is 2.78. The Morgan fingerprint density at radius 2 is 1.78 bits per heavy atom. The van der Waals surface area contributed by atoms with Crippen molar-refractivity contribution in [3.05, 3.63) is 0 Å². The van der Waals surface area contributed by atoms with Crippen molar-refractivity contribution >= 4 is 23.8 Å². The van der Waals surface area contributed by atoms with Crippen molar-refractivity contribution in [1.29, 1.82) is 0 Å². The molecule has 9 heteroatoms. The van der Waals surface area contributed by atoms with Gasteiger partial charge in [-0.25, -0.2) is 4.79 Å². The van der Waals surface area contributed by atoms with Gasteiger partial charge in [0, 0.05) is 13.3 Å². The summed E-state index contributed by atoms with van der Waals surface area (Å²) in [5.41, 5.74) is 5.04.